The van der Waals surface area contributed by atoms with Crippen LogP contribution in [0.2, 0.25) is 0 Å². The summed E-state index contributed by atoms with van der Waals surface area (Å²) in [6.45, 7) is 0. The van der Waals surface area contributed by atoms with Crippen LogP contribution in [0.15, 0.2) is 24.3 Å². The van der Waals surface area contributed by atoms with Gasteiger partial charge in [-0.05, 0) is 30.4 Å². The van der Waals surface area contributed by atoms with Gasteiger partial charge >= 0.3 is 5.97 Å². The van der Waals surface area contributed by atoms with Crippen LogP contribution in [-0.2, 0) is 11.2 Å². The van der Waals surface area contributed by atoms with E-state index < -0.39 is 18.2 Å². The number of carbonyl (C=O) groups is 1. The fourth-order valence-corrected chi connectivity index (χ4v) is 2.04. The maximum atomic E-state index is 10.4. The minimum Gasteiger partial charge on any atom is -0.481 e. The van der Waals surface area contributed by atoms with Crippen LogP contribution in [0.1, 0.15) is 36.5 Å². The number of carboxylic acids is 1. The summed E-state index contributed by atoms with van der Waals surface area (Å²) in [6.07, 6.45) is -0.0387. The second-order valence-electron chi connectivity index (χ2n) is 4.48. The molecule has 0 bridgehead atoms. The van der Waals surface area contributed by atoms with Gasteiger partial charge in [-0.1, -0.05) is 24.3 Å². The first-order valence-corrected chi connectivity index (χ1v) is 6.80. The van der Waals surface area contributed by atoms with Crippen LogP contribution in [0.3, 0.4) is 0 Å². The van der Waals surface area contributed by atoms with Gasteiger partial charge in [-0.3, -0.25) is 4.79 Å². The lowest BCUT2D eigenvalue weighted by Crippen LogP contribution is -2.18. The molecule has 0 spiro atoms. The molecular weight excluding hydrogens is 268 g/mol. The third-order valence-corrected chi connectivity index (χ3v) is 3.16. The van der Waals surface area contributed by atoms with Gasteiger partial charge in [0, 0.05) is 12.3 Å². The summed E-state index contributed by atoms with van der Waals surface area (Å²) >= 11 is 5.52. The van der Waals surface area contributed by atoms with E-state index >= 15 is 0 Å². The smallest absolute Gasteiger partial charge is 0.303 e. The van der Waals surface area contributed by atoms with Crippen molar-refractivity contribution in [1.29, 1.82) is 0 Å². The highest BCUT2D eigenvalue weighted by molar-refractivity contribution is 6.17. The Morgan fingerprint density at radius 2 is 1.84 bits per heavy atom. The van der Waals surface area contributed by atoms with E-state index in [1.54, 1.807) is 12.1 Å². The molecule has 2 atom stereocenters. The third kappa shape index (κ3) is 5.59. The van der Waals surface area contributed by atoms with Crippen LogP contribution in [0, 0.1) is 0 Å². The summed E-state index contributed by atoms with van der Waals surface area (Å²) in [7, 11) is 0. The van der Waals surface area contributed by atoms with Crippen LogP contribution in [0.25, 0.3) is 0 Å². The first-order valence-electron chi connectivity index (χ1n) is 6.27. The van der Waals surface area contributed by atoms with Gasteiger partial charge in [0.15, 0.2) is 0 Å². The molecule has 0 aliphatic heterocycles. The Morgan fingerprint density at radius 1 is 1.21 bits per heavy atom. The average molecular weight is 287 g/mol. The molecular formula is C14H19ClO4. The molecule has 1 rings (SSSR count). The number of alkyl halides is 1. The van der Waals surface area contributed by atoms with Gasteiger partial charge in [-0.2, -0.15) is 0 Å². The largest absolute Gasteiger partial charge is 0.481 e. The van der Waals surface area contributed by atoms with Crippen molar-refractivity contribution in [2.24, 2.45) is 0 Å². The fraction of sp³-hybridized carbons (Fsp3) is 0.500. The molecule has 2 unspecified atom stereocenters. The van der Waals surface area contributed by atoms with Crippen molar-refractivity contribution in [3.63, 3.8) is 0 Å². The predicted molar refractivity (Wildman–Crippen MR) is 73.3 cm³/mol. The molecule has 1 aromatic carbocycles. The fourth-order valence-electron chi connectivity index (χ4n) is 1.82. The maximum absolute atomic E-state index is 10.4. The summed E-state index contributed by atoms with van der Waals surface area (Å²) in [4.78, 5) is 10.4. The van der Waals surface area contributed by atoms with E-state index in [-0.39, 0.29) is 6.42 Å². The molecule has 0 aliphatic rings. The normalized spacial score (nSPS) is 14.1. The number of benzene rings is 1. The number of rotatable bonds is 8. The van der Waals surface area contributed by atoms with Gasteiger partial charge in [0.1, 0.15) is 6.10 Å². The van der Waals surface area contributed by atoms with Gasteiger partial charge in [-0.15, -0.1) is 11.6 Å². The summed E-state index contributed by atoms with van der Waals surface area (Å²) in [5.74, 6) is -0.498. The summed E-state index contributed by atoms with van der Waals surface area (Å²) < 4.78 is 0. The van der Waals surface area contributed by atoms with E-state index in [4.69, 9.17) is 16.7 Å². The molecule has 0 fully saturated rings. The third-order valence-electron chi connectivity index (χ3n) is 2.95. The minimum absolute atomic E-state index is 0.152. The number of aliphatic carboxylic acids is 1. The molecule has 3 N–H and O–H groups in total. The standard InChI is InChI=1S/C14H19ClO4/c15-9-8-12(16)14(19)11-6-4-10(5-7-11)2-1-3-13(17)18/h4-7,12,14,16,19H,1-3,8-9H2,(H,17,18). The monoisotopic (exact) mass is 286 g/mol. The van der Waals surface area contributed by atoms with E-state index in [2.05, 4.69) is 0 Å². The number of aliphatic hydroxyl groups is 2. The van der Waals surface area contributed by atoms with Crippen LogP contribution in [-0.4, -0.2) is 33.3 Å². The molecule has 0 aromatic heterocycles. The van der Waals surface area contributed by atoms with Crippen molar-refractivity contribution in [2.45, 2.75) is 37.9 Å². The Kier molecular flexibility index (Phi) is 6.84. The number of hydrogen-bond acceptors (Lipinski definition) is 3. The number of hydrogen-bond donors (Lipinski definition) is 3. The Hall–Kier alpha value is -1.10. The van der Waals surface area contributed by atoms with Crippen molar-refractivity contribution in [3.05, 3.63) is 35.4 Å². The highest BCUT2D eigenvalue weighted by atomic mass is 35.5. The molecule has 0 saturated heterocycles. The Labute approximate surface area is 117 Å². The Balaban J connectivity index is 2.53. The van der Waals surface area contributed by atoms with Crippen LogP contribution in [0.5, 0.6) is 0 Å². The lowest BCUT2D eigenvalue weighted by atomic mass is 10.00. The zero-order chi connectivity index (χ0) is 14.3. The topological polar surface area (TPSA) is 77.8 Å². The summed E-state index contributed by atoms with van der Waals surface area (Å²) in [6, 6.07) is 7.18. The van der Waals surface area contributed by atoms with Crippen molar-refractivity contribution < 1.29 is 20.1 Å². The first kappa shape index (κ1) is 16.0. The van der Waals surface area contributed by atoms with Gasteiger partial charge in [0.2, 0.25) is 0 Å². The van der Waals surface area contributed by atoms with Crippen molar-refractivity contribution >= 4 is 17.6 Å². The van der Waals surface area contributed by atoms with Crippen LogP contribution < -0.4 is 0 Å². The Morgan fingerprint density at radius 3 is 2.37 bits per heavy atom. The molecule has 5 heteroatoms. The van der Waals surface area contributed by atoms with Gasteiger partial charge < -0.3 is 15.3 Å². The average Bonchev–Trinajstić information content (AvgIpc) is 2.38. The van der Waals surface area contributed by atoms with E-state index in [1.165, 1.54) is 0 Å². The lowest BCUT2D eigenvalue weighted by molar-refractivity contribution is -0.137. The molecule has 4 nitrogen and oxygen atoms in total. The summed E-state index contributed by atoms with van der Waals surface area (Å²) in [5.41, 5.74) is 1.66. The van der Waals surface area contributed by atoms with Crippen LogP contribution >= 0.6 is 11.6 Å². The molecule has 0 amide bonds. The molecule has 1 aromatic rings. The zero-order valence-corrected chi connectivity index (χ0v) is 11.4. The lowest BCUT2D eigenvalue weighted by Gasteiger charge is -2.17. The molecule has 0 heterocycles. The molecule has 0 aliphatic carbocycles. The zero-order valence-electron chi connectivity index (χ0n) is 10.6. The first-order chi connectivity index (χ1) is 9.04. The number of carboxylic acid groups (broad SMARTS) is 1. The maximum Gasteiger partial charge on any atom is 0.303 e. The van der Waals surface area contributed by atoms with E-state index in [0.717, 1.165) is 5.56 Å². The van der Waals surface area contributed by atoms with Crippen molar-refractivity contribution in [2.75, 3.05) is 5.88 Å². The highest BCUT2D eigenvalue weighted by Crippen LogP contribution is 2.20. The summed E-state index contributed by atoms with van der Waals surface area (Å²) in [5, 5.41) is 28.1. The Bertz CT molecular complexity index is 391. The van der Waals surface area contributed by atoms with E-state index in [9.17, 15) is 15.0 Å². The quantitative estimate of drug-likeness (QED) is 0.640. The van der Waals surface area contributed by atoms with Gasteiger partial charge in [0.05, 0.1) is 6.10 Å². The van der Waals surface area contributed by atoms with Crippen LogP contribution in [0.4, 0.5) is 0 Å². The number of aliphatic hydroxyl groups excluding tert-OH is 2. The number of aryl methyl sites for hydroxylation is 1. The second-order valence-corrected chi connectivity index (χ2v) is 4.86. The van der Waals surface area contributed by atoms with E-state index in [1.807, 2.05) is 12.1 Å². The molecule has 0 saturated carbocycles. The SMILES string of the molecule is O=C(O)CCCc1ccc(C(O)C(O)CCCl)cc1. The molecule has 0 radical (unpaired) electrons. The van der Waals surface area contributed by atoms with E-state index in [0.29, 0.717) is 30.7 Å². The van der Waals surface area contributed by atoms with Gasteiger partial charge in [-0.25, -0.2) is 0 Å². The second kappa shape index (κ2) is 8.15. The molecule has 106 valence electrons. The van der Waals surface area contributed by atoms with Gasteiger partial charge in [0.25, 0.3) is 0 Å². The van der Waals surface area contributed by atoms with Crippen molar-refractivity contribution in [1.82, 2.24) is 0 Å². The number of halogens is 1. The minimum atomic E-state index is -0.938. The molecule has 19 heavy (non-hydrogen) atoms. The predicted octanol–water partition coefficient (Wildman–Crippen LogP) is 2.12. The highest BCUT2D eigenvalue weighted by Gasteiger charge is 2.17. The van der Waals surface area contributed by atoms with Crippen molar-refractivity contribution in [3.8, 4) is 0 Å².